The average molecular weight is 367 g/mol. The zero-order valence-electron chi connectivity index (χ0n) is 16.6. The Balaban J connectivity index is 1.88. The molecular weight excluding hydrogens is 340 g/mol. The molecule has 1 aliphatic heterocycles. The molecule has 0 radical (unpaired) electrons. The second-order valence-electron chi connectivity index (χ2n) is 7.58. The van der Waals surface area contributed by atoms with Gasteiger partial charge in [-0.25, -0.2) is 0 Å². The van der Waals surface area contributed by atoms with E-state index in [1.165, 1.54) is 16.5 Å². The predicted molar refractivity (Wildman–Crippen MR) is 118 cm³/mol. The lowest BCUT2D eigenvalue weighted by Gasteiger charge is -2.37. The third kappa shape index (κ3) is 3.38. The van der Waals surface area contributed by atoms with Crippen LogP contribution in [0.25, 0.3) is 10.9 Å². The molecule has 0 saturated heterocycles. The topological polar surface area (TPSA) is 24.9 Å². The second kappa shape index (κ2) is 7.47. The summed E-state index contributed by atoms with van der Waals surface area (Å²) in [5, 5.41) is 4.71. The van der Waals surface area contributed by atoms with Crippen LogP contribution in [-0.4, -0.2) is 4.98 Å². The minimum atomic E-state index is -0.242. The summed E-state index contributed by atoms with van der Waals surface area (Å²) in [5.41, 5.74) is 6.53. The summed E-state index contributed by atoms with van der Waals surface area (Å²) < 4.78 is 0. The minimum Gasteiger partial charge on any atom is -0.359 e. The number of hydrogen-bond donors (Lipinski definition) is 1. The molecule has 0 fully saturated rings. The lowest BCUT2D eigenvalue weighted by atomic mass is 9.72. The van der Waals surface area contributed by atoms with Crippen molar-refractivity contribution in [2.24, 2.45) is 0 Å². The van der Waals surface area contributed by atoms with Crippen LogP contribution in [0.2, 0.25) is 0 Å². The Morgan fingerprint density at radius 2 is 1.86 bits per heavy atom. The number of allylic oxidation sites excluding steroid dienone is 4. The fourth-order valence-corrected chi connectivity index (χ4v) is 4.07. The van der Waals surface area contributed by atoms with E-state index in [0.717, 1.165) is 35.4 Å². The monoisotopic (exact) mass is 366 g/mol. The number of dihydropyridines is 1. The third-order valence-electron chi connectivity index (χ3n) is 5.66. The first-order chi connectivity index (χ1) is 13.6. The number of rotatable bonds is 5. The number of benzene rings is 2. The zero-order valence-corrected chi connectivity index (χ0v) is 16.6. The van der Waals surface area contributed by atoms with E-state index in [4.69, 9.17) is 4.98 Å². The Morgan fingerprint density at radius 1 is 1.04 bits per heavy atom. The first-order valence-corrected chi connectivity index (χ1v) is 9.87. The van der Waals surface area contributed by atoms with E-state index in [2.05, 4.69) is 98.6 Å². The maximum absolute atomic E-state index is 5.12. The molecule has 140 valence electrons. The van der Waals surface area contributed by atoms with E-state index >= 15 is 0 Å². The molecule has 2 heteroatoms. The molecule has 1 unspecified atom stereocenters. The standard InChI is InChI=1S/C26H26N2/c1-4-26(18-21-10-6-5-7-11-21,24-12-8-9-20(3)27-24)25-16-14-22-17-19(2)13-15-23(22)28-25/h5-17,27H,3-4,18H2,1-2H3. The Labute approximate surface area is 167 Å². The van der Waals surface area contributed by atoms with Crippen LogP contribution in [0.3, 0.4) is 0 Å². The predicted octanol–water partition coefficient (Wildman–Crippen LogP) is 5.99. The molecule has 4 rings (SSSR count). The number of nitrogens with zero attached hydrogens (tertiary/aromatic N) is 1. The van der Waals surface area contributed by atoms with Crippen LogP contribution in [0.4, 0.5) is 0 Å². The van der Waals surface area contributed by atoms with Gasteiger partial charge < -0.3 is 5.32 Å². The highest BCUT2D eigenvalue weighted by Gasteiger charge is 2.37. The first kappa shape index (κ1) is 18.2. The molecule has 28 heavy (non-hydrogen) atoms. The molecule has 0 bridgehead atoms. The summed E-state index contributed by atoms with van der Waals surface area (Å²) in [4.78, 5) is 5.12. The van der Waals surface area contributed by atoms with Crippen molar-refractivity contribution in [2.45, 2.75) is 32.1 Å². The van der Waals surface area contributed by atoms with E-state index in [-0.39, 0.29) is 5.41 Å². The van der Waals surface area contributed by atoms with Crippen molar-refractivity contribution in [3.05, 3.63) is 114 Å². The number of aryl methyl sites for hydroxylation is 1. The molecule has 0 spiro atoms. The van der Waals surface area contributed by atoms with E-state index in [1.807, 2.05) is 6.08 Å². The molecule has 2 nitrogen and oxygen atoms in total. The van der Waals surface area contributed by atoms with Crippen molar-refractivity contribution in [1.82, 2.24) is 10.3 Å². The molecule has 0 amide bonds. The Kier molecular flexibility index (Phi) is 4.87. The summed E-state index contributed by atoms with van der Waals surface area (Å²) in [5.74, 6) is 0. The molecule has 1 aromatic heterocycles. The number of hydrogen-bond acceptors (Lipinski definition) is 2. The average Bonchev–Trinajstić information content (AvgIpc) is 2.72. The lowest BCUT2D eigenvalue weighted by Crippen LogP contribution is -2.38. The van der Waals surface area contributed by atoms with Crippen molar-refractivity contribution < 1.29 is 0 Å². The van der Waals surface area contributed by atoms with Gasteiger partial charge in [0.25, 0.3) is 0 Å². The lowest BCUT2D eigenvalue weighted by molar-refractivity contribution is 0.446. The van der Waals surface area contributed by atoms with Crippen molar-refractivity contribution >= 4 is 10.9 Å². The number of pyridine rings is 1. The second-order valence-corrected chi connectivity index (χ2v) is 7.58. The fourth-order valence-electron chi connectivity index (χ4n) is 4.07. The van der Waals surface area contributed by atoms with Gasteiger partial charge in [0.1, 0.15) is 0 Å². The van der Waals surface area contributed by atoms with Gasteiger partial charge in [-0.1, -0.05) is 67.6 Å². The summed E-state index contributed by atoms with van der Waals surface area (Å²) in [6.45, 7) is 8.48. The minimum absolute atomic E-state index is 0.242. The summed E-state index contributed by atoms with van der Waals surface area (Å²) in [6, 6.07) is 21.5. The molecule has 1 aliphatic rings. The molecular formula is C26H26N2. The fraction of sp³-hybridized carbons (Fsp3) is 0.192. The highest BCUT2D eigenvalue weighted by molar-refractivity contribution is 5.79. The van der Waals surface area contributed by atoms with E-state index in [1.54, 1.807) is 0 Å². The van der Waals surface area contributed by atoms with Gasteiger partial charge in [0.05, 0.1) is 16.6 Å². The Morgan fingerprint density at radius 3 is 2.61 bits per heavy atom. The molecule has 1 atom stereocenters. The zero-order chi connectivity index (χ0) is 19.6. The summed E-state index contributed by atoms with van der Waals surface area (Å²) in [7, 11) is 0. The summed E-state index contributed by atoms with van der Waals surface area (Å²) >= 11 is 0. The highest BCUT2D eigenvalue weighted by Crippen LogP contribution is 2.39. The first-order valence-electron chi connectivity index (χ1n) is 9.87. The SMILES string of the molecule is C=C1C=CC=C(C(CC)(Cc2ccccc2)c2ccc3cc(C)ccc3n2)N1. The molecule has 2 aromatic carbocycles. The maximum atomic E-state index is 5.12. The van der Waals surface area contributed by atoms with E-state index in [0.29, 0.717) is 0 Å². The van der Waals surface area contributed by atoms with Crippen LogP contribution in [-0.2, 0) is 11.8 Å². The van der Waals surface area contributed by atoms with Crippen molar-refractivity contribution in [3.8, 4) is 0 Å². The van der Waals surface area contributed by atoms with E-state index in [9.17, 15) is 0 Å². The maximum Gasteiger partial charge on any atom is 0.0705 e. The number of fused-ring (bicyclic) bond motifs is 1. The van der Waals surface area contributed by atoms with E-state index < -0.39 is 0 Å². The van der Waals surface area contributed by atoms with Crippen LogP contribution in [0, 0.1) is 6.92 Å². The Hall–Kier alpha value is -3.13. The van der Waals surface area contributed by atoms with Crippen molar-refractivity contribution in [1.29, 1.82) is 0 Å². The van der Waals surface area contributed by atoms with Gasteiger partial charge in [-0.2, -0.15) is 0 Å². The van der Waals surface area contributed by atoms with Gasteiger partial charge in [-0.05, 0) is 55.7 Å². The summed E-state index contributed by atoms with van der Waals surface area (Å²) in [6.07, 6.45) is 8.07. The van der Waals surface area contributed by atoms with Crippen LogP contribution >= 0.6 is 0 Å². The molecule has 3 aromatic rings. The molecule has 0 saturated carbocycles. The quantitative estimate of drug-likeness (QED) is 0.600. The normalized spacial score (nSPS) is 15.8. The highest BCUT2D eigenvalue weighted by atomic mass is 14.9. The van der Waals surface area contributed by atoms with Crippen LogP contribution in [0.1, 0.15) is 30.2 Å². The van der Waals surface area contributed by atoms with Crippen LogP contribution in [0.5, 0.6) is 0 Å². The molecule has 0 aliphatic carbocycles. The van der Waals surface area contributed by atoms with Crippen molar-refractivity contribution in [3.63, 3.8) is 0 Å². The van der Waals surface area contributed by atoms with Crippen LogP contribution < -0.4 is 5.32 Å². The van der Waals surface area contributed by atoms with Crippen LogP contribution in [0.15, 0.2) is 96.9 Å². The molecule has 1 N–H and O–H groups in total. The van der Waals surface area contributed by atoms with Gasteiger partial charge in [0, 0.05) is 16.8 Å². The van der Waals surface area contributed by atoms with Crippen molar-refractivity contribution in [2.75, 3.05) is 0 Å². The largest absolute Gasteiger partial charge is 0.359 e. The number of aromatic nitrogens is 1. The smallest absolute Gasteiger partial charge is 0.0705 e. The third-order valence-corrected chi connectivity index (χ3v) is 5.66. The van der Waals surface area contributed by atoms with Gasteiger partial charge in [0.2, 0.25) is 0 Å². The molecule has 2 heterocycles. The van der Waals surface area contributed by atoms with Gasteiger partial charge in [0.15, 0.2) is 0 Å². The van der Waals surface area contributed by atoms with Gasteiger partial charge in [-0.15, -0.1) is 0 Å². The van der Waals surface area contributed by atoms with Gasteiger partial charge >= 0.3 is 0 Å². The number of nitrogens with one attached hydrogen (secondary N) is 1. The van der Waals surface area contributed by atoms with Gasteiger partial charge in [-0.3, -0.25) is 4.98 Å². The Bertz CT molecular complexity index is 1080.